The van der Waals surface area contributed by atoms with Crippen molar-refractivity contribution in [1.82, 2.24) is 20.6 Å². The molecule has 0 aromatic carbocycles. The summed E-state index contributed by atoms with van der Waals surface area (Å²) < 4.78 is 0. The van der Waals surface area contributed by atoms with Crippen molar-refractivity contribution in [2.24, 2.45) is 5.41 Å². The second kappa shape index (κ2) is 6.30. The molecule has 126 valence electrons. The van der Waals surface area contributed by atoms with Gasteiger partial charge in [-0.2, -0.15) is 0 Å². The lowest BCUT2D eigenvalue weighted by molar-refractivity contribution is 0.221. The molecule has 1 aliphatic carbocycles. The van der Waals surface area contributed by atoms with Crippen molar-refractivity contribution in [2.45, 2.75) is 58.9 Å². The summed E-state index contributed by atoms with van der Waals surface area (Å²) in [5.41, 5.74) is 2.09. The molecule has 0 saturated carbocycles. The summed E-state index contributed by atoms with van der Waals surface area (Å²) in [5.74, 6) is 0.851. The number of nitrogens with zero attached hydrogens (tertiary/aromatic N) is 2. The number of rotatable bonds is 3. The summed E-state index contributed by atoms with van der Waals surface area (Å²) in [7, 11) is 0. The number of carbonyl (C=O) groups is 1. The Morgan fingerprint density at radius 3 is 2.78 bits per heavy atom. The highest BCUT2D eigenvalue weighted by molar-refractivity contribution is 5.74. The summed E-state index contributed by atoms with van der Waals surface area (Å²) >= 11 is 0. The van der Waals surface area contributed by atoms with Crippen molar-refractivity contribution in [2.75, 3.05) is 6.54 Å². The molecule has 0 aliphatic heterocycles. The van der Waals surface area contributed by atoms with E-state index in [0.29, 0.717) is 6.54 Å². The van der Waals surface area contributed by atoms with Crippen LogP contribution < -0.4 is 10.6 Å². The minimum absolute atomic E-state index is 0.0624. The quantitative estimate of drug-likeness (QED) is 0.841. The van der Waals surface area contributed by atoms with Crippen molar-refractivity contribution >= 4 is 6.03 Å². The first-order valence-electron chi connectivity index (χ1n) is 8.14. The molecule has 5 nitrogen and oxygen atoms in total. The van der Waals surface area contributed by atoms with E-state index in [0.717, 1.165) is 29.9 Å². The molecule has 2 amide bonds. The second-order valence-corrected chi connectivity index (χ2v) is 8.09. The van der Waals surface area contributed by atoms with E-state index in [1.54, 1.807) is 6.08 Å². The molecule has 1 aromatic heterocycles. The Bertz CT molecular complexity index is 602. The molecule has 0 bridgehead atoms. The number of fused-ring (bicyclic) bond motifs is 1. The summed E-state index contributed by atoms with van der Waals surface area (Å²) in [5, 5.41) is 5.81. The summed E-state index contributed by atoms with van der Waals surface area (Å²) in [4.78, 5) is 21.3. The van der Waals surface area contributed by atoms with E-state index in [4.69, 9.17) is 4.98 Å². The van der Waals surface area contributed by atoms with Gasteiger partial charge in [0.2, 0.25) is 0 Å². The minimum atomic E-state index is -0.182. The molecule has 23 heavy (non-hydrogen) atoms. The normalized spacial score (nSPS) is 19.6. The van der Waals surface area contributed by atoms with E-state index in [9.17, 15) is 4.79 Å². The molecular formula is C18H28N4O. The lowest BCUT2D eigenvalue weighted by atomic mass is 9.74. The number of hydrogen-bond donors (Lipinski definition) is 2. The average molecular weight is 316 g/mol. The molecule has 0 saturated heterocycles. The largest absolute Gasteiger partial charge is 0.335 e. The van der Waals surface area contributed by atoms with Gasteiger partial charge in [0.15, 0.2) is 0 Å². The summed E-state index contributed by atoms with van der Waals surface area (Å²) in [6.07, 6.45) is 5.33. The molecule has 1 atom stereocenters. The maximum absolute atomic E-state index is 12.0. The van der Waals surface area contributed by atoms with Crippen LogP contribution in [0.2, 0.25) is 0 Å². The average Bonchev–Trinajstić information content (AvgIpc) is 2.42. The second-order valence-electron chi connectivity index (χ2n) is 8.09. The number of carbonyl (C=O) groups excluding carboxylic acids is 1. The van der Waals surface area contributed by atoms with Crippen molar-refractivity contribution in [1.29, 1.82) is 0 Å². The predicted molar refractivity (Wildman–Crippen MR) is 92.3 cm³/mol. The molecule has 0 spiro atoms. The SMILES string of the molecule is C=CCNC(=O)N[C@@H]1CC(C)(C)Cc2nc(C(C)(C)C)ncc21. The van der Waals surface area contributed by atoms with Gasteiger partial charge in [0.05, 0.1) is 6.04 Å². The zero-order valence-electron chi connectivity index (χ0n) is 14.9. The maximum Gasteiger partial charge on any atom is 0.315 e. The monoisotopic (exact) mass is 316 g/mol. The van der Waals surface area contributed by atoms with Crippen LogP contribution >= 0.6 is 0 Å². The number of amides is 2. The Morgan fingerprint density at radius 2 is 2.17 bits per heavy atom. The van der Waals surface area contributed by atoms with Crippen LogP contribution in [0.1, 0.15) is 64.2 Å². The molecule has 0 radical (unpaired) electrons. The van der Waals surface area contributed by atoms with E-state index >= 15 is 0 Å². The standard InChI is InChI=1S/C18H28N4O/c1-7-8-19-16(23)22-14-10-18(5,6)9-13-12(14)11-20-15(21-13)17(2,3)4/h7,11,14H,1,8-10H2,2-6H3,(H2,19,22,23)/t14-/m1/s1. The Labute approximate surface area is 139 Å². The smallest absolute Gasteiger partial charge is 0.315 e. The van der Waals surface area contributed by atoms with Crippen LogP contribution in [0.15, 0.2) is 18.9 Å². The molecule has 2 N–H and O–H groups in total. The lowest BCUT2D eigenvalue weighted by Crippen LogP contribution is -2.42. The zero-order chi connectivity index (χ0) is 17.3. The highest BCUT2D eigenvalue weighted by atomic mass is 16.2. The van der Waals surface area contributed by atoms with E-state index in [-0.39, 0.29) is 22.9 Å². The number of urea groups is 1. The van der Waals surface area contributed by atoms with Crippen LogP contribution in [-0.2, 0) is 11.8 Å². The van der Waals surface area contributed by atoms with Gasteiger partial charge in [-0.1, -0.05) is 40.7 Å². The fourth-order valence-corrected chi connectivity index (χ4v) is 2.91. The predicted octanol–water partition coefficient (Wildman–Crippen LogP) is 3.27. The molecular weight excluding hydrogens is 288 g/mol. The van der Waals surface area contributed by atoms with Crippen LogP contribution in [0.5, 0.6) is 0 Å². The van der Waals surface area contributed by atoms with Gasteiger partial charge in [-0.25, -0.2) is 14.8 Å². The molecule has 0 fully saturated rings. The van der Waals surface area contributed by atoms with Gasteiger partial charge in [0, 0.05) is 29.4 Å². The fourth-order valence-electron chi connectivity index (χ4n) is 2.91. The Hall–Kier alpha value is -1.91. The zero-order valence-corrected chi connectivity index (χ0v) is 14.9. The van der Waals surface area contributed by atoms with Gasteiger partial charge < -0.3 is 10.6 Å². The van der Waals surface area contributed by atoms with Gasteiger partial charge in [0.25, 0.3) is 0 Å². The molecule has 1 heterocycles. The molecule has 5 heteroatoms. The maximum atomic E-state index is 12.0. The molecule has 0 unspecified atom stereocenters. The van der Waals surface area contributed by atoms with Crippen LogP contribution in [-0.4, -0.2) is 22.5 Å². The third-order valence-electron chi connectivity index (χ3n) is 4.06. The molecule has 2 rings (SSSR count). The van der Waals surface area contributed by atoms with Crippen LogP contribution in [0.4, 0.5) is 4.79 Å². The molecule has 1 aliphatic rings. The Balaban J connectivity index is 2.29. The third-order valence-corrected chi connectivity index (χ3v) is 4.06. The number of hydrogen-bond acceptors (Lipinski definition) is 3. The first-order chi connectivity index (χ1) is 10.6. The van der Waals surface area contributed by atoms with E-state index < -0.39 is 0 Å². The van der Waals surface area contributed by atoms with Crippen molar-refractivity contribution in [3.8, 4) is 0 Å². The number of aromatic nitrogens is 2. The summed E-state index contributed by atoms with van der Waals surface area (Å²) in [6.45, 7) is 14.8. The number of nitrogens with one attached hydrogen (secondary N) is 2. The van der Waals surface area contributed by atoms with Crippen LogP contribution in [0.3, 0.4) is 0 Å². The van der Waals surface area contributed by atoms with Gasteiger partial charge in [-0.3, -0.25) is 0 Å². The van der Waals surface area contributed by atoms with Crippen molar-refractivity contribution in [3.05, 3.63) is 35.9 Å². The fraction of sp³-hybridized carbons (Fsp3) is 0.611. The lowest BCUT2D eigenvalue weighted by Gasteiger charge is -2.37. The van der Waals surface area contributed by atoms with Crippen LogP contribution in [0.25, 0.3) is 0 Å². The van der Waals surface area contributed by atoms with Crippen molar-refractivity contribution in [3.63, 3.8) is 0 Å². The highest BCUT2D eigenvalue weighted by Gasteiger charge is 2.35. The highest BCUT2D eigenvalue weighted by Crippen LogP contribution is 2.40. The summed E-state index contributed by atoms with van der Waals surface area (Å²) in [6, 6.07) is -0.244. The van der Waals surface area contributed by atoms with E-state index in [1.807, 2.05) is 6.20 Å². The first-order valence-corrected chi connectivity index (χ1v) is 8.14. The van der Waals surface area contributed by atoms with Gasteiger partial charge in [-0.05, 0) is 18.3 Å². The van der Waals surface area contributed by atoms with Crippen LogP contribution in [0, 0.1) is 5.41 Å². The first kappa shape index (κ1) is 17.4. The Morgan fingerprint density at radius 1 is 1.48 bits per heavy atom. The topological polar surface area (TPSA) is 66.9 Å². The van der Waals surface area contributed by atoms with Gasteiger partial charge in [-0.15, -0.1) is 6.58 Å². The van der Waals surface area contributed by atoms with Gasteiger partial charge >= 0.3 is 6.03 Å². The van der Waals surface area contributed by atoms with Crippen molar-refractivity contribution < 1.29 is 4.79 Å². The van der Waals surface area contributed by atoms with E-state index in [1.165, 1.54) is 0 Å². The van der Waals surface area contributed by atoms with Gasteiger partial charge in [0.1, 0.15) is 5.82 Å². The Kier molecular flexibility index (Phi) is 4.78. The van der Waals surface area contributed by atoms with E-state index in [2.05, 4.69) is 56.8 Å². The minimum Gasteiger partial charge on any atom is -0.335 e. The molecule has 1 aromatic rings. The third kappa shape index (κ3) is 4.30.